The molecular formula is C23H28F4N4O6S. The number of rotatable bonds is 7. The topological polar surface area (TPSA) is 135 Å². The molecule has 0 saturated carbocycles. The van der Waals surface area contributed by atoms with Gasteiger partial charge in [0.2, 0.25) is 5.88 Å². The molecule has 2 fully saturated rings. The molecule has 0 unspecified atom stereocenters. The minimum atomic E-state index is -5.08. The Bertz CT molecular complexity index is 1180. The van der Waals surface area contributed by atoms with Gasteiger partial charge in [0, 0.05) is 38.4 Å². The number of carboxylic acids is 1. The first-order valence-electron chi connectivity index (χ1n) is 11.6. The van der Waals surface area contributed by atoms with Gasteiger partial charge in [0.05, 0.1) is 19.3 Å². The molecule has 3 heterocycles. The van der Waals surface area contributed by atoms with Gasteiger partial charge in [-0.2, -0.15) is 30.2 Å². The standard InChI is InChI=1S/C21H27FN4O4S.C2HF3O2/c22-19-3-1-17(2-4-19)18-12-20(15-30-21-11-16(13-23)5-6-24-21)26(14-18)31(27,28)25-7-9-29-10-8-25;3-2(4,5)1(6)7/h1-6,11,18,20H,7-10,12-15,23H2;(H,6,7)/t18-,20-;/m1./s1. The van der Waals surface area contributed by atoms with E-state index >= 15 is 0 Å². The normalized spacial score (nSPS) is 21.0. The molecule has 2 atom stereocenters. The second-order valence-corrected chi connectivity index (χ2v) is 10.4. The summed E-state index contributed by atoms with van der Waals surface area (Å²) in [4.78, 5) is 13.1. The lowest BCUT2D eigenvalue weighted by Gasteiger charge is -2.32. The van der Waals surface area contributed by atoms with Crippen molar-refractivity contribution in [1.82, 2.24) is 13.6 Å². The fourth-order valence-electron chi connectivity index (χ4n) is 4.06. The maximum Gasteiger partial charge on any atom is 0.490 e. The van der Waals surface area contributed by atoms with Gasteiger partial charge in [-0.3, -0.25) is 0 Å². The molecule has 0 amide bonds. The Labute approximate surface area is 217 Å². The lowest BCUT2D eigenvalue weighted by molar-refractivity contribution is -0.192. The van der Waals surface area contributed by atoms with Crippen LogP contribution in [-0.2, 0) is 26.3 Å². The van der Waals surface area contributed by atoms with E-state index in [0.29, 0.717) is 51.7 Å². The fourth-order valence-corrected chi connectivity index (χ4v) is 5.86. The third-order valence-electron chi connectivity index (χ3n) is 6.00. The van der Waals surface area contributed by atoms with Crippen LogP contribution in [0.5, 0.6) is 5.88 Å². The van der Waals surface area contributed by atoms with Gasteiger partial charge < -0.3 is 20.3 Å². The van der Waals surface area contributed by atoms with Gasteiger partial charge in [-0.25, -0.2) is 14.2 Å². The second-order valence-electron chi connectivity index (χ2n) is 8.55. The number of ether oxygens (including phenoxy) is 2. The molecule has 1 aromatic carbocycles. The molecule has 15 heteroatoms. The highest BCUT2D eigenvalue weighted by molar-refractivity contribution is 7.86. The Hall–Kier alpha value is -2.85. The molecule has 210 valence electrons. The molecule has 0 aliphatic carbocycles. The molecule has 2 saturated heterocycles. The van der Waals surface area contributed by atoms with Crippen molar-refractivity contribution in [2.45, 2.75) is 31.1 Å². The molecule has 2 aliphatic heterocycles. The number of benzene rings is 1. The van der Waals surface area contributed by atoms with Crippen molar-refractivity contribution in [3.05, 3.63) is 59.5 Å². The number of carboxylic acid groups (broad SMARTS) is 1. The summed E-state index contributed by atoms with van der Waals surface area (Å²) in [5.41, 5.74) is 7.48. The Morgan fingerprint density at radius 3 is 2.39 bits per heavy atom. The van der Waals surface area contributed by atoms with E-state index in [1.54, 1.807) is 24.4 Å². The van der Waals surface area contributed by atoms with Crippen molar-refractivity contribution in [3.63, 3.8) is 0 Å². The van der Waals surface area contributed by atoms with E-state index in [2.05, 4.69) is 4.98 Å². The maximum atomic E-state index is 13.4. The number of hydrogen-bond acceptors (Lipinski definition) is 7. The van der Waals surface area contributed by atoms with Gasteiger partial charge >= 0.3 is 12.1 Å². The highest BCUT2D eigenvalue weighted by atomic mass is 32.2. The molecule has 1 aromatic heterocycles. The number of alkyl halides is 3. The van der Waals surface area contributed by atoms with E-state index in [1.807, 2.05) is 6.07 Å². The van der Waals surface area contributed by atoms with Crippen LogP contribution in [0.15, 0.2) is 42.6 Å². The summed E-state index contributed by atoms with van der Waals surface area (Å²) in [7, 11) is -3.69. The first-order chi connectivity index (χ1) is 17.9. The monoisotopic (exact) mass is 564 g/mol. The van der Waals surface area contributed by atoms with Crippen LogP contribution in [0.1, 0.15) is 23.5 Å². The van der Waals surface area contributed by atoms with Gasteiger partial charge in [-0.15, -0.1) is 0 Å². The number of morpholine rings is 1. The summed E-state index contributed by atoms with van der Waals surface area (Å²) in [5.74, 6) is -2.71. The van der Waals surface area contributed by atoms with Crippen molar-refractivity contribution in [2.75, 3.05) is 39.5 Å². The number of aromatic nitrogens is 1. The van der Waals surface area contributed by atoms with Gasteiger partial charge in [0.15, 0.2) is 0 Å². The predicted octanol–water partition coefficient (Wildman–Crippen LogP) is 2.13. The fraction of sp³-hybridized carbons (Fsp3) is 0.478. The van der Waals surface area contributed by atoms with Crippen LogP contribution in [0, 0.1) is 5.82 Å². The Kier molecular flexibility index (Phi) is 10.0. The van der Waals surface area contributed by atoms with Crippen molar-refractivity contribution in [1.29, 1.82) is 0 Å². The zero-order valence-electron chi connectivity index (χ0n) is 20.2. The molecular weight excluding hydrogens is 536 g/mol. The van der Waals surface area contributed by atoms with Crippen LogP contribution in [0.4, 0.5) is 17.6 Å². The van der Waals surface area contributed by atoms with Crippen LogP contribution in [-0.4, -0.2) is 84.8 Å². The molecule has 0 spiro atoms. The maximum absolute atomic E-state index is 13.4. The highest BCUT2D eigenvalue weighted by Gasteiger charge is 2.43. The van der Waals surface area contributed by atoms with E-state index in [1.165, 1.54) is 20.7 Å². The molecule has 0 radical (unpaired) electrons. The minimum Gasteiger partial charge on any atom is -0.476 e. The summed E-state index contributed by atoms with van der Waals surface area (Å²) < 4.78 is 86.0. The number of pyridine rings is 1. The van der Waals surface area contributed by atoms with Gasteiger partial charge in [-0.1, -0.05) is 12.1 Å². The van der Waals surface area contributed by atoms with E-state index in [9.17, 15) is 26.0 Å². The Balaban J connectivity index is 0.000000505. The number of nitrogens with two attached hydrogens (primary N) is 1. The lowest BCUT2D eigenvalue weighted by atomic mass is 9.96. The van der Waals surface area contributed by atoms with E-state index in [4.69, 9.17) is 25.1 Å². The third kappa shape index (κ3) is 7.83. The third-order valence-corrected chi connectivity index (χ3v) is 8.06. The number of hydrogen-bond donors (Lipinski definition) is 2. The van der Waals surface area contributed by atoms with Crippen LogP contribution >= 0.6 is 0 Å². The minimum absolute atomic E-state index is 0.0478. The quantitative estimate of drug-likeness (QED) is 0.489. The number of halogens is 4. The van der Waals surface area contributed by atoms with Crippen LogP contribution in [0.25, 0.3) is 0 Å². The van der Waals surface area contributed by atoms with Crippen molar-refractivity contribution < 1.29 is 45.4 Å². The largest absolute Gasteiger partial charge is 0.490 e. The van der Waals surface area contributed by atoms with Crippen LogP contribution in [0.2, 0.25) is 0 Å². The van der Waals surface area contributed by atoms with Crippen molar-refractivity contribution in [2.24, 2.45) is 5.73 Å². The SMILES string of the molecule is NCc1ccnc(OC[C@H]2C[C@@H](c3ccc(F)cc3)CN2S(=O)(=O)N2CCOCC2)c1.O=C(O)C(F)(F)F. The zero-order valence-corrected chi connectivity index (χ0v) is 21.0. The first kappa shape index (κ1) is 29.7. The average Bonchev–Trinajstić information content (AvgIpc) is 3.33. The lowest BCUT2D eigenvalue weighted by Crippen LogP contribution is -2.51. The van der Waals surface area contributed by atoms with Crippen LogP contribution in [0.3, 0.4) is 0 Å². The van der Waals surface area contributed by atoms with Gasteiger partial charge in [0.1, 0.15) is 12.4 Å². The number of nitrogens with zero attached hydrogens (tertiary/aromatic N) is 3. The second kappa shape index (κ2) is 12.8. The molecule has 38 heavy (non-hydrogen) atoms. The van der Waals surface area contributed by atoms with Gasteiger partial charge in [-0.05, 0) is 41.7 Å². The summed E-state index contributed by atoms with van der Waals surface area (Å²) >= 11 is 0. The van der Waals surface area contributed by atoms with Crippen molar-refractivity contribution in [3.8, 4) is 5.88 Å². The van der Waals surface area contributed by atoms with Crippen LogP contribution < -0.4 is 10.5 Å². The van der Waals surface area contributed by atoms with Gasteiger partial charge in [0.25, 0.3) is 10.2 Å². The number of carbonyl (C=O) groups is 1. The summed E-state index contributed by atoms with van der Waals surface area (Å²) in [6.07, 6.45) is -2.89. The Morgan fingerprint density at radius 1 is 1.18 bits per heavy atom. The smallest absolute Gasteiger partial charge is 0.476 e. The highest BCUT2D eigenvalue weighted by Crippen LogP contribution is 2.35. The van der Waals surface area contributed by atoms with Crippen molar-refractivity contribution >= 4 is 16.2 Å². The Morgan fingerprint density at radius 2 is 1.82 bits per heavy atom. The predicted molar refractivity (Wildman–Crippen MR) is 127 cm³/mol. The molecule has 0 bridgehead atoms. The molecule has 10 nitrogen and oxygen atoms in total. The summed E-state index contributed by atoms with van der Waals surface area (Å²) in [6, 6.07) is 9.44. The van der Waals surface area contributed by atoms with E-state index < -0.39 is 22.4 Å². The number of aliphatic carboxylic acids is 1. The molecule has 2 aliphatic rings. The van der Waals surface area contributed by atoms with E-state index in [0.717, 1.165) is 11.1 Å². The van der Waals surface area contributed by atoms with E-state index in [-0.39, 0.29) is 24.4 Å². The summed E-state index contributed by atoms with van der Waals surface area (Å²) in [5, 5.41) is 7.12. The molecule has 3 N–H and O–H groups in total. The zero-order chi connectivity index (χ0) is 27.9. The average molecular weight is 565 g/mol. The summed E-state index contributed by atoms with van der Waals surface area (Å²) in [6.45, 7) is 2.27. The molecule has 2 aromatic rings. The first-order valence-corrected chi connectivity index (χ1v) is 13.0. The molecule has 4 rings (SSSR count).